The number of ether oxygens (including phenoxy) is 1. The van der Waals surface area contributed by atoms with Crippen molar-refractivity contribution in [3.63, 3.8) is 0 Å². The molecule has 0 unspecified atom stereocenters. The molecule has 571 valence electrons. The number of halogens is 1. The number of benzene rings is 1. The van der Waals surface area contributed by atoms with Gasteiger partial charge in [-0.15, -0.1) is 24.0 Å². The number of aliphatic hydroxyl groups excluding tert-OH is 12. The number of carboxylic acids is 4. The molecule has 0 spiro atoms. The summed E-state index contributed by atoms with van der Waals surface area (Å²) in [5.41, 5.74) is 5.21. The van der Waals surface area contributed by atoms with Crippen LogP contribution in [-0.4, -0.2) is 227 Å². The minimum Gasteiger partial charge on any atom is -0.550 e. The summed E-state index contributed by atoms with van der Waals surface area (Å²) in [6, 6.07) is 5.30. The van der Waals surface area contributed by atoms with Crippen LogP contribution >= 0.6 is 24.0 Å². The van der Waals surface area contributed by atoms with E-state index in [1.807, 2.05) is 50.3 Å². The topological polar surface area (TPSA) is 450 Å². The molecule has 23 nitrogen and oxygen atoms in total. The van der Waals surface area contributed by atoms with Gasteiger partial charge in [0.15, 0.2) is 0 Å². The number of phenolic OH excluding ortho intramolecular Hbond substituents is 1. The fraction of sp³-hybridized carbons (Fsp3) is 0.675. The number of aliphatic carboxylic acids is 4. The summed E-state index contributed by atoms with van der Waals surface area (Å²) in [5, 5.41) is 170. The van der Waals surface area contributed by atoms with Gasteiger partial charge in [0.2, 0.25) is 0 Å². The Balaban J connectivity index is 0. The van der Waals surface area contributed by atoms with Crippen molar-refractivity contribution in [1.29, 1.82) is 0 Å². The second kappa shape index (κ2) is 55.1. The minimum atomic E-state index is -1.35. The van der Waals surface area contributed by atoms with Crippen LogP contribution in [0.4, 0.5) is 0 Å². The van der Waals surface area contributed by atoms with Crippen LogP contribution < -0.4 is 139 Å². The van der Waals surface area contributed by atoms with Crippen LogP contribution in [0, 0.1) is 65.1 Å². The minimum absolute atomic E-state index is 0. The standard InChI is InChI=1S/C23H36O7.C18H28O6.C18H28O5.C18H24O5.HI.K.4Na/c1-4-13(2)23(29)30-20-11-17(25)9-15-6-5-14(3)19(22(15)20)8-7-16(24)10-18(26)12-21(27)28;1-10-2-3-11-6-13(20)8-16(22)18(11)15(10)5-4-12(19)7-14(21)9-17(23)24;2*1-11-2-3-12-8-13(19)5-7-17(12)16(11)6-4-14(20)9-15(21)10-18(22)23;;;;;;/h5-6,9,13-14,16-20,22,24-26H,4,7-8,10-12H2,1-3H3,(H,27,28);2-3,6,10,12-16,18-22H,4-5,7-9H2,1H3,(H,23,24);2-3,8,11,13-17,19-21H,4-7,9-10H2,1H3,(H,22,23);2-3,5,7-8,11,14-16,19-21H,4,6,9-10H2,1H3,(H,22,23);1H;;;;;/q;;;;;;4*+1/p-4/t13-,14-,16+,17-,18+,19-,20-,22-;10-,12+,13+,14+,15-,16-,18-;11-,13-,14+,15+,16-,17-;11-,14+,15+,16-;;;;;;/m0000....../s1. The van der Waals surface area contributed by atoms with E-state index in [1.165, 1.54) is 5.57 Å². The van der Waals surface area contributed by atoms with Gasteiger partial charge in [-0.2, -0.15) is 0 Å². The number of rotatable bonds is 31. The molecule has 0 aromatic heterocycles. The quantitative estimate of drug-likeness (QED) is 0.0186. The monoisotopic (exact) mass is 1660 g/mol. The van der Waals surface area contributed by atoms with Crippen molar-refractivity contribution in [3.8, 4) is 5.75 Å². The van der Waals surface area contributed by atoms with Crippen molar-refractivity contribution < 1.29 is 234 Å². The Morgan fingerprint density at radius 1 is 0.491 bits per heavy atom. The first-order chi connectivity index (χ1) is 47.1. The van der Waals surface area contributed by atoms with Gasteiger partial charge in [-0.1, -0.05) is 114 Å². The fourth-order valence-corrected chi connectivity index (χ4v) is 15.6. The Bertz CT molecular complexity index is 3030. The van der Waals surface area contributed by atoms with E-state index in [9.17, 15) is 111 Å². The van der Waals surface area contributed by atoms with Gasteiger partial charge in [0.05, 0.1) is 79.2 Å². The predicted octanol–water partition coefficient (Wildman–Crippen LogP) is -9.42. The van der Waals surface area contributed by atoms with E-state index in [1.54, 1.807) is 18.2 Å². The maximum atomic E-state index is 12.4. The van der Waals surface area contributed by atoms with Crippen molar-refractivity contribution in [3.05, 3.63) is 107 Å². The average molecular weight is 1660 g/mol. The molecule has 7 aliphatic carbocycles. The Morgan fingerprint density at radius 3 is 1.31 bits per heavy atom. The molecule has 25 atom stereocenters. The van der Waals surface area contributed by atoms with Crippen molar-refractivity contribution in [1.82, 2.24) is 0 Å². The average Bonchev–Trinajstić information content (AvgIpc) is 0.793. The first kappa shape index (κ1) is 108. The van der Waals surface area contributed by atoms with E-state index < -0.39 is 123 Å². The number of carboxylic acid groups (broad SMARTS) is 4. The van der Waals surface area contributed by atoms with Gasteiger partial charge in [-0.05, 0) is 190 Å². The maximum Gasteiger partial charge on any atom is 1.00 e. The van der Waals surface area contributed by atoms with Crippen LogP contribution in [0.25, 0.3) is 6.08 Å². The summed E-state index contributed by atoms with van der Waals surface area (Å²) in [6.45, 7) is 12.2. The molecular weight excluding hydrogens is 1550 g/mol. The zero-order chi connectivity index (χ0) is 74.2. The second-order valence-electron chi connectivity index (χ2n) is 29.3. The molecule has 0 aliphatic heterocycles. The van der Waals surface area contributed by atoms with Crippen molar-refractivity contribution >= 4 is 111 Å². The number of hydrogen-bond donors (Lipinski definition) is 13. The van der Waals surface area contributed by atoms with Crippen LogP contribution in [-0.2, 0) is 28.7 Å². The molecule has 13 N–H and O–H groups in total. The molecule has 0 saturated heterocycles. The number of allylic oxidation sites excluding steroid dienone is 8. The summed E-state index contributed by atoms with van der Waals surface area (Å²) >= 11 is 0. The van der Waals surface area contributed by atoms with Gasteiger partial charge in [0.1, 0.15) is 11.9 Å². The van der Waals surface area contributed by atoms with E-state index in [0.717, 1.165) is 48.0 Å². The number of carbonyl (C=O) groups excluding carboxylic acids is 5. The Labute approximate surface area is 774 Å². The summed E-state index contributed by atoms with van der Waals surface area (Å²) in [5.74, 6) is -3.24. The van der Waals surface area contributed by atoms with Gasteiger partial charge < -0.3 is 111 Å². The predicted molar refractivity (Wildman–Crippen MR) is 384 cm³/mol. The molecule has 0 fully saturated rings. The van der Waals surface area contributed by atoms with Crippen LogP contribution in [0.1, 0.15) is 193 Å². The van der Waals surface area contributed by atoms with Gasteiger partial charge in [0.25, 0.3) is 0 Å². The van der Waals surface area contributed by atoms with E-state index in [4.69, 9.17) is 4.74 Å². The number of aliphatic hydroxyl groups is 12. The third-order valence-electron chi connectivity index (χ3n) is 21.2. The van der Waals surface area contributed by atoms with E-state index in [-0.39, 0.29) is 284 Å². The molecule has 0 amide bonds. The number of hydrogen-bond acceptors (Lipinski definition) is 23. The van der Waals surface area contributed by atoms with Gasteiger partial charge in [0, 0.05) is 126 Å². The first-order valence-corrected chi connectivity index (χ1v) is 36.0. The van der Waals surface area contributed by atoms with Crippen molar-refractivity contribution in [2.75, 3.05) is 0 Å². The summed E-state index contributed by atoms with van der Waals surface area (Å²) in [4.78, 5) is 54.3. The summed E-state index contributed by atoms with van der Waals surface area (Å²) < 4.78 is 5.83. The largest absolute Gasteiger partial charge is 1.00 e. The van der Waals surface area contributed by atoms with Crippen LogP contribution in [0.3, 0.4) is 0 Å². The van der Waals surface area contributed by atoms with Crippen molar-refractivity contribution in [2.24, 2.45) is 65.1 Å². The molecule has 0 saturated carbocycles. The van der Waals surface area contributed by atoms with Gasteiger partial charge in [-0.3, -0.25) is 4.79 Å². The number of esters is 1. The third-order valence-corrected chi connectivity index (χ3v) is 21.2. The number of phenols is 1. The molecule has 0 heterocycles. The number of carbonyl (C=O) groups is 5. The first-order valence-electron chi connectivity index (χ1n) is 36.0. The Morgan fingerprint density at radius 2 is 0.868 bits per heavy atom. The maximum absolute atomic E-state index is 12.4. The third kappa shape index (κ3) is 37.6. The molecular formula is C77H113IKNa4O23. The van der Waals surface area contributed by atoms with Gasteiger partial charge in [-0.25, -0.2) is 0 Å². The second-order valence-corrected chi connectivity index (χ2v) is 29.3. The Hall–Kier alpha value is 0.436. The molecule has 1 aromatic rings. The van der Waals surface area contributed by atoms with Crippen LogP contribution in [0.5, 0.6) is 5.75 Å². The number of fused-ring (bicyclic) bond motifs is 4. The van der Waals surface area contributed by atoms with Crippen LogP contribution in [0.2, 0.25) is 0 Å². The van der Waals surface area contributed by atoms with Crippen LogP contribution in [0.15, 0.2) is 95.7 Å². The zero-order valence-electron chi connectivity index (χ0n) is 64.2. The van der Waals surface area contributed by atoms with E-state index in [2.05, 4.69) is 58.1 Å². The summed E-state index contributed by atoms with van der Waals surface area (Å²) in [7, 11) is 0. The molecule has 0 bridgehead atoms. The van der Waals surface area contributed by atoms with Gasteiger partial charge >= 0.3 is 124 Å². The van der Waals surface area contributed by atoms with Crippen molar-refractivity contribution in [2.45, 2.75) is 262 Å². The fourth-order valence-electron chi connectivity index (χ4n) is 15.6. The molecule has 8 rings (SSSR count). The van der Waals surface area contributed by atoms with E-state index >= 15 is 0 Å². The zero-order valence-corrected chi connectivity index (χ0v) is 77.6. The molecule has 106 heavy (non-hydrogen) atoms. The molecule has 29 heteroatoms. The summed E-state index contributed by atoms with van der Waals surface area (Å²) in [6.07, 6.45) is 17.7. The smallest absolute Gasteiger partial charge is 0.550 e. The molecule has 7 aliphatic rings. The molecule has 1 radical (unpaired) electrons. The normalized spacial score (nSPS) is 28.8. The molecule has 1 aromatic carbocycles. The Kier molecular flexibility index (Phi) is 56.4. The van der Waals surface area contributed by atoms with E-state index in [0.29, 0.717) is 81.5 Å². The number of aromatic hydroxyl groups is 1. The SMILES string of the molecule is CC[C@H](C)C(=O)O[C@H]1C[C@@H](O)C=C2C=C[C@H](C)[C@H](CC[C@@H](O)C[C@@H](O)CC(=O)[O-])[C@H]21.C[C@H]1C=CC2=C[C@@H](O)CC[C@@H]2[C@H]1CC[C@@H](O)C[C@@H](O)CC(=O)[O-].C[C@H]1C=CC2=C[C@@H](O)C[C@H](O)[C@@H]2[C@H]1CC[C@@H](O)C[C@@H](O)CC(=O)[O-].C[C@H]1C=Cc2cc(O)ccc2[C@H]1CC[C@@H](O)C[C@@H](O)CC(=O)[O-].I.[K].[Na+].[Na+].[Na+].[Na+].